The molecule has 0 atom stereocenters. The van der Waals surface area contributed by atoms with Crippen LogP contribution in [0.3, 0.4) is 0 Å². The molecule has 1 aliphatic heterocycles. The largest absolute Gasteiger partial charge is 0.744 e. The summed E-state index contributed by atoms with van der Waals surface area (Å²) in [6.45, 7) is 2.71. The highest BCUT2D eigenvalue weighted by molar-refractivity contribution is 7.86. The van der Waals surface area contributed by atoms with E-state index in [1.165, 1.54) is 13.8 Å². The van der Waals surface area contributed by atoms with Crippen LogP contribution in [0, 0.1) is 13.8 Å². The van der Waals surface area contributed by atoms with E-state index in [9.17, 15) is 25.9 Å². The Hall–Kier alpha value is -1.81. The first-order valence-electron chi connectivity index (χ1n) is 7.04. The molecule has 1 N–H and O–H groups in total. The molecule has 0 bridgehead atoms. The zero-order valence-electron chi connectivity index (χ0n) is 13.2. The number of nitrogens with zero attached hydrogens (tertiary/aromatic N) is 1. The zero-order chi connectivity index (χ0) is 18.0. The van der Waals surface area contributed by atoms with E-state index in [2.05, 4.69) is 0 Å². The van der Waals surface area contributed by atoms with Gasteiger partial charge in [0.15, 0.2) is 5.71 Å². The van der Waals surface area contributed by atoms with Crippen LogP contribution in [0.25, 0.3) is 5.57 Å². The third-order valence-electron chi connectivity index (χ3n) is 4.38. The number of rotatable bonds is 2. The molecule has 2 aliphatic rings. The minimum atomic E-state index is -4.96. The van der Waals surface area contributed by atoms with Crippen molar-refractivity contribution in [3.63, 3.8) is 0 Å². The van der Waals surface area contributed by atoms with E-state index in [0.717, 1.165) is 5.71 Å². The van der Waals surface area contributed by atoms with Crippen molar-refractivity contribution in [3.8, 4) is 0 Å². The highest BCUT2D eigenvalue weighted by atomic mass is 32.2. The Kier molecular flexibility index (Phi) is 3.61. The van der Waals surface area contributed by atoms with Gasteiger partial charge < -0.3 is 4.55 Å². The third-order valence-corrected chi connectivity index (χ3v) is 6.52. The fourth-order valence-corrected chi connectivity index (χ4v) is 5.54. The van der Waals surface area contributed by atoms with Crippen LogP contribution in [0.15, 0.2) is 28.0 Å². The SMILES string of the molecule is Cc1c2c(c(S(=O)(=O)[O-])c(C)c1S(=O)(=O)O)C1=CC=CCC1=[N+]2C. The molecule has 0 fully saturated rings. The molecular formula is C15H15NO6S2. The molecule has 1 aromatic rings. The first-order valence-corrected chi connectivity index (χ1v) is 9.88. The van der Waals surface area contributed by atoms with Crippen LogP contribution in [0.4, 0.5) is 5.69 Å². The first-order chi connectivity index (χ1) is 11.0. The van der Waals surface area contributed by atoms with Crippen LogP contribution in [-0.4, -0.2) is 43.3 Å². The van der Waals surface area contributed by atoms with Crippen molar-refractivity contribution in [1.82, 2.24) is 0 Å². The Balaban J connectivity index is 2.62. The van der Waals surface area contributed by atoms with Gasteiger partial charge in [0.25, 0.3) is 10.1 Å². The smallest absolute Gasteiger partial charge is 0.295 e. The number of benzene rings is 1. The van der Waals surface area contributed by atoms with Crippen molar-refractivity contribution in [2.24, 2.45) is 0 Å². The van der Waals surface area contributed by atoms with Gasteiger partial charge >= 0.3 is 0 Å². The minimum absolute atomic E-state index is 0.203. The number of hydrogen-bond donors (Lipinski definition) is 1. The second-order valence-corrected chi connectivity index (χ2v) is 8.45. The number of allylic oxidation sites excluding steroid dienone is 4. The summed E-state index contributed by atoms with van der Waals surface area (Å²) in [5, 5.41) is 0. The summed E-state index contributed by atoms with van der Waals surface area (Å²) >= 11 is 0. The molecule has 0 radical (unpaired) electrons. The Bertz CT molecular complexity index is 1090. The maximum atomic E-state index is 11.9. The zero-order valence-corrected chi connectivity index (χ0v) is 14.8. The van der Waals surface area contributed by atoms with Crippen molar-refractivity contribution >= 4 is 37.2 Å². The van der Waals surface area contributed by atoms with Crippen molar-refractivity contribution < 1.29 is 30.5 Å². The summed E-state index contributed by atoms with van der Waals surface area (Å²) in [5.74, 6) is 0. The van der Waals surface area contributed by atoms with Gasteiger partial charge in [-0.1, -0.05) is 12.2 Å². The highest BCUT2D eigenvalue weighted by Gasteiger charge is 2.41. The summed E-state index contributed by atoms with van der Waals surface area (Å²) in [6.07, 6.45) is 5.85. The Labute approximate surface area is 140 Å². The standard InChI is InChI=1S/C15H15NO6S2/c1-8-13-12(10-6-4-5-7-11(10)16(13)3)15(24(20,21)22)9(2)14(8)23(17,18)19/h4-6H,7H2,1-3H3,(H-,17,18,19,20,21,22). The molecule has 3 rings (SSSR count). The topological polar surface area (TPSA) is 115 Å². The van der Waals surface area contributed by atoms with Crippen LogP contribution in [0.2, 0.25) is 0 Å². The van der Waals surface area contributed by atoms with Gasteiger partial charge in [0.2, 0.25) is 5.69 Å². The lowest BCUT2D eigenvalue weighted by Gasteiger charge is -2.18. The summed E-state index contributed by atoms with van der Waals surface area (Å²) in [5.41, 5.74) is 1.82. The molecule has 0 saturated heterocycles. The third kappa shape index (κ3) is 2.27. The molecule has 0 saturated carbocycles. The van der Waals surface area contributed by atoms with Gasteiger partial charge in [-0.25, -0.2) is 8.42 Å². The predicted octanol–water partition coefficient (Wildman–Crippen LogP) is 1.53. The highest BCUT2D eigenvalue weighted by Crippen LogP contribution is 2.46. The monoisotopic (exact) mass is 369 g/mol. The summed E-state index contributed by atoms with van der Waals surface area (Å²) in [7, 11) is -7.99. The fraction of sp³-hybridized carbons (Fsp3) is 0.267. The van der Waals surface area contributed by atoms with E-state index in [4.69, 9.17) is 0 Å². The molecule has 0 unspecified atom stereocenters. The van der Waals surface area contributed by atoms with E-state index < -0.39 is 30.0 Å². The van der Waals surface area contributed by atoms with Gasteiger partial charge in [0.05, 0.1) is 22.5 Å². The lowest BCUT2D eigenvalue weighted by molar-refractivity contribution is -0.402. The Morgan fingerprint density at radius 3 is 2.29 bits per heavy atom. The molecule has 1 aromatic carbocycles. The maximum Gasteiger partial charge on any atom is 0.295 e. The van der Waals surface area contributed by atoms with Crippen LogP contribution in [-0.2, 0) is 20.2 Å². The van der Waals surface area contributed by atoms with E-state index in [0.29, 0.717) is 17.7 Å². The molecule has 0 spiro atoms. The van der Waals surface area contributed by atoms with Crippen molar-refractivity contribution in [2.75, 3.05) is 7.05 Å². The van der Waals surface area contributed by atoms with Gasteiger partial charge in [-0.15, -0.1) is 0 Å². The van der Waals surface area contributed by atoms with Gasteiger partial charge in [-0.3, -0.25) is 4.55 Å². The maximum absolute atomic E-state index is 11.9. The Morgan fingerprint density at radius 1 is 1.12 bits per heavy atom. The first kappa shape index (κ1) is 17.0. The van der Waals surface area contributed by atoms with Gasteiger partial charge in [-0.2, -0.15) is 13.0 Å². The van der Waals surface area contributed by atoms with Crippen LogP contribution in [0.1, 0.15) is 23.1 Å². The number of hydrogen-bond acceptors (Lipinski definition) is 5. The quantitative estimate of drug-likeness (QED) is 0.624. The van der Waals surface area contributed by atoms with Crippen LogP contribution in [0.5, 0.6) is 0 Å². The Morgan fingerprint density at radius 2 is 1.75 bits per heavy atom. The van der Waals surface area contributed by atoms with Crippen molar-refractivity contribution in [3.05, 3.63) is 34.9 Å². The van der Waals surface area contributed by atoms with Gasteiger partial charge in [0.1, 0.15) is 22.1 Å². The molecule has 1 heterocycles. The molecule has 0 aromatic heterocycles. The molecule has 9 heteroatoms. The summed E-state index contributed by atoms with van der Waals surface area (Å²) in [6, 6.07) is 0. The number of fused-ring (bicyclic) bond motifs is 3. The van der Waals surface area contributed by atoms with E-state index in [-0.39, 0.29) is 16.7 Å². The van der Waals surface area contributed by atoms with Gasteiger partial charge in [0, 0.05) is 5.56 Å². The molecule has 1 aliphatic carbocycles. The molecule has 0 amide bonds. The molecule has 24 heavy (non-hydrogen) atoms. The van der Waals surface area contributed by atoms with E-state index in [1.54, 1.807) is 23.8 Å². The second-order valence-electron chi connectivity index (χ2n) is 5.78. The summed E-state index contributed by atoms with van der Waals surface area (Å²) < 4.78 is 70.4. The molecular weight excluding hydrogens is 354 g/mol. The predicted molar refractivity (Wildman–Crippen MR) is 86.3 cm³/mol. The van der Waals surface area contributed by atoms with Crippen molar-refractivity contribution in [1.29, 1.82) is 0 Å². The van der Waals surface area contributed by atoms with Crippen molar-refractivity contribution in [2.45, 2.75) is 30.1 Å². The average molecular weight is 369 g/mol. The van der Waals surface area contributed by atoms with E-state index >= 15 is 0 Å². The summed E-state index contributed by atoms with van der Waals surface area (Å²) in [4.78, 5) is -1.13. The molecule has 7 nitrogen and oxygen atoms in total. The van der Waals surface area contributed by atoms with Gasteiger partial charge in [-0.05, 0) is 25.5 Å². The fourth-order valence-electron chi connectivity index (χ4n) is 3.57. The normalized spacial score (nSPS) is 17.0. The van der Waals surface area contributed by atoms with E-state index in [1.807, 2.05) is 6.08 Å². The molecule has 128 valence electrons. The lowest BCUT2D eigenvalue weighted by atomic mass is 9.94. The van der Waals surface area contributed by atoms with Crippen LogP contribution < -0.4 is 0 Å². The second kappa shape index (κ2) is 5.09. The average Bonchev–Trinajstić information content (AvgIpc) is 2.70. The minimum Gasteiger partial charge on any atom is -0.744 e. The van der Waals surface area contributed by atoms with Crippen LogP contribution >= 0.6 is 0 Å². The lowest BCUT2D eigenvalue weighted by Crippen LogP contribution is -2.13.